The van der Waals surface area contributed by atoms with E-state index in [0.717, 1.165) is 5.56 Å². The van der Waals surface area contributed by atoms with Gasteiger partial charge >= 0.3 is 0 Å². The van der Waals surface area contributed by atoms with E-state index < -0.39 is 10.0 Å². The Morgan fingerprint density at radius 3 is 2.32 bits per heavy atom. The molecule has 0 aliphatic heterocycles. The Labute approximate surface area is 154 Å². The molecule has 0 aliphatic rings. The van der Waals surface area contributed by atoms with Crippen molar-refractivity contribution in [3.63, 3.8) is 0 Å². The Morgan fingerprint density at radius 1 is 1.20 bits per heavy atom. The van der Waals surface area contributed by atoms with Gasteiger partial charge in [0.25, 0.3) is 10.0 Å². The molecule has 2 rings (SSSR count). The normalized spacial score (nSPS) is 11.4. The maximum Gasteiger partial charge on any atom is 0.264 e. The van der Waals surface area contributed by atoms with Gasteiger partial charge in [0.05, 0.1) is 29.3 Å². The van der Waals surface area contributed by atoms with E-state index in [0.29, 0.717) is 17.4 Å². The molecule has 0 atom stereocenters. The summed E-state index contributed by atoms with van der Waals surface area (Å²) in [5.41, 5.74) is 1.73. The van der Waals surface area contributed by atoms with Crippen molar-refractivity contribution in [3.05, 3.63) is 65.7 Å². The molecule has 134 valence electrons. The first-order valence-corrected chi connectivity index (χ1v) is 9.70. The standard InChI is InChI=1S/C19H22ClNO3S/c1-5-12-21(16-8-6-15(7-9-16)14(2)3)25(22,23)17-10-11-19(24-4)18(20)13-17/h5-11,13-14H,1,12H2,2-4H3. The minimum absolute atomic E-state index is 0.105. The Hall–Kier alpha value is -1.98. The van der Waals surface area contributed by atoms with Crippen molar-refractivity contribution in [2.24, 2.45) is 0 Å². The maximum absolute atomic E-state index is 13.1. The van der Waals surface area contributed by atoms with Gasteiger partial charge in [0.15, 0.2) is 0 Å². The second kappa shape index (κ2) is 7.93. The van der Waals surface area contributed by atoms with E-state index in [-0.39, 0.29) is 16.5 Å². The number of hydrogen-bond donors (Lipinski definition) is 0. The second-order valence-electron chi connectivity index (χ2n) is 5.87. The number of anilines is 1. The summed E-state index contributed by atoms with van der Waals surface area (Å²) in [4.78, 5) is 0.105. The van der Waals surface area contributed by atoms with Gasteiger partial charge in [-0.1, -0.05) is 43.7 Å². The molecule has 0 unspecified atom stereocenters. The lowest BCUT2D eigenvalue weighted by Gasteiger charge is -2.24. The molecule has 0 N–H and O–H groups in total. The van der Waals surface area contributed by atoms with Crippen molar-refractivity contribution in [2.75, 3.05) is 18.0 Å². The summed E-state index contributed by atoms with van der Waals surface area (Å²) in [5, 5.41) is 0.247. The van der Waals surface area contributed by atoms with Gasteiger partial charge in [-0.25, -0.2) is 8.42 Å². The lowest BCUT2D eigenvalue weighted by Crippen LogP contribution is -2.31. The first-order chi connectivity index (χ1) is 11.8. The van der Waals surface area contributed by atoms with E-state index in [1.165, 1.54) is 23.5 Å². The van der Waals surface area contributed by atoms with E-state index in [9.17, 15) is 8.42 Å². The molecule has 0 fully saturated rings. The second-order valence-corrected chi connectivity index (χ2v) is 8.14. The molecule has 0 saturated carbocycles. The molecule has 0 aliphatic carbocycles. The average Bonchev–Trinajstić information content (AvgIpc) is 2.59. The predicted molar refractivity (Wildman–Crippen MR) is 103 cm³/mol. The lowest BCUT2D eigenvalue weighted by molar-refractivity contribution is 0.414. The van der Waals surface area contributed by atoms with Gasteiger partial charge in [-0.3, -0.25) is 4.31 Å². The third-order valence-electron chi connectivity index (χ3n) is 3.85. The third-order valence-corrected chi connectivity index (χ3v) is 5.94. The topological polar surface area (TPSA) is 46.6 Å². The van der Waals surface area contributed by atoms with E-state index in [2.05, 4.69) is 20.4 Å². The van der Waals surface area contributed by atoms with Crippen LogP contribution in [0.4, 0.5) is 5.69 Å². The zero-order valence-corrected chi connectivity index (χ0v) is 16.1. The molecule has 0 radical (unpaired) electrons. The molecule has 0 bridgehead atoms. The fourth-order valence-electron chi connectivity index (χ4n) is 2.42. The van der Waals surface area contributed by atoms with Crippen LogP contribution in [0.15, 0.2) is 60.0 Å². The van der Waals surface area contributed by atoms with Crippen molar-refractivity contribution in [1.82, 2.24) is 0 Å². The highest BCUT2D eigenvalue weighted by atomic mass is 35.5. The largest absolute Gasteiger partial charge is 0.495 e. The summed E-state index contributed by atoms with van der Waals surface area (Å²) < 4.78 is 32.5. The lowest BCUT2D eigenvalue weighted by atomic mass is 10.0. The van der Waals surface area contributed by atoms with Crippen LogP contribution in [0.3, 0.4) is 0 Å². The number of benzene rings is 2. The molecule has 2 aromatic rings. The van der Waals surface area contributed by atoms with Crippen molar-refractivity contribution >= 4 is 27.3 Å². The van der Waals surface area contributed by atoms with Crippen LogP contribution in [0.2, 0.25) is 5.02 Å². The van der Waals surface area contributed by atoms with E-state index in [1.807, 2.05) is 24.3 Å². The Kier molecular flexibility index (Phi) is 6.14. The van der Waals surface area contributed by atoms with Crippen LogP contribution in [0.25, 0.3) is 0 Å². The van der Waals surface area contributed by atoms with Crippen molar-refractivity contribution < 1.29 is 13.2 Å². The number of rotatable bonds is 7. The molecule has 2 aromatic carbocycles. The third kappa shape index (κ3) is 4.17. The van der Waals surface area contributed by atoms with Crippen LogP contribution in [0.1, 0.15) is 25.3 Å². The quantitative estimate of drug-likeness (QED) is 0.646. The van der Waals surface area contributed by atoms with Crippen LogP contribution < -0.4 is 9.04 Å². The molecule has 0 amide bonds. The summed E-state index contributed by atoms with van der Waals surface area (Å²) in [6, 6.07) is 11.9. The number of nitrogens with zero attached hydrogens (tertiary/aromatic N) is 1. The van der Waals surface area contributed by atoms with Crippen LogP contribution in [-0.4, -0.2) is 22.1 Å². The molecule has 0 heterocycles. The van der Waals surface area contributed by atoms with Crippen LogP contribution in [0.5, 0.6) is 5.75 Å². The number of sulfonamides is 1. The number of hydrogen-bond acceptors (Lipinski definition) is 3. The molecular formula is C19H22ClNO3S. The Morgan fingerprint density at radius 2 is 1.84 bits per heavy atom. The highest BCUT2D eigenvalue weighted by Gasteiger charge is 2.25. The van der Waals surface area contributed by atoms with Crippen LogP contribution >= 0.6 is 11.6 Å². The van der Waals surface area contributed by atoms with Gasteiger partial charge in [-0.15, -0.1) is 6.58 Å². The van der Waals surface area contributed by atoms with Gasteiger partial charge in [-0.2, -0.15) is 0 Å². The first-order valence-electron chi connectivity index (χ1n) is 7.88. The smallest absolute Gasteiger partial charge is 0.264 e. The Balaban J connectivity index is 2.47. The highest BCUT2D eigenvalue weighted by Crippen LogP contribution is 2.31. The summed E-state index contributed by atoms with van der Waals surface area (Å²) >= 11 is 6.09. The van der Waals surface area contributed by atoms with Gasteiger partial charge in [0, 0.05) is 0 Å². The molecule has 0 aromatic heterocycles. The molecule has 4 nitrogen and oxygen atoms in total. The summed E-state index contributed by atoms with van der Waals surface area (Å²) in [7, 11) is -2.29. The SMILES string of the molecule is C=CCN(c1ccc(C(C)C)cc1)S(=O)(=O)c1ccc(OC)c(Cl)c1. The molecule has 0 spiro atoms. The molecule has 25 heavy (non-hydrogen) atoms. The fraction of sp³-hybridized carbons (Fsp3) is 0.263. The summed E-state index contributed by atoms with van der Waals surface area (Å²) in [5.74, 6) is 0.802. The van der Waals surface area contributed by atoms with Crippen molar-refractivity contribution in [2.45, 2.75) is 24.7 Å². The van der Waals surface area contributed by atoms with E-state index in [1.54, 1.807) is 12.1 Å². The van der Waals surface area contributed by atoms with Crippen molar-refractivity contribution in [1.29, 1.82) is 0 Å². The monoisotopic (exact) mass is 379 g/mol. The predicted octanol–water partition coefficient (Wildman–Crippen LogP) is 4.85. The van der Waals surface area contributed by atoms with Gasteiger partial charge in [-0.05, 0) is 41.8 Å². The van der Waals surface area contributed by atoms with Crippen LogP contribution in [-0.2, 0) is 10.0 Å². The Bertz CT molecular complexity index is 845. The maximum atomic E-state index is 13.1. The van der Waals surface area contributed by atoms with Crippen LogP contribution in [0, 0.1) is 0 Å². The highest BCUT2D eigenvalue weighted by molar-refractivity contribution is 7.92. The van der Waals surface area contributed by atoms with Crippen molar-refractivity contribution in [3.8, 4) is 5.75 Å². The van der Waals surface area contributed by atoms with Gasteiger partial charge in [0.2, 0.25) is 0 Å². The van der Waals surface area contributed by atoms with E-state index >= 15 is 0 Å². The first kappa shape index (κ1) is 19.3. The van der Waals surface area contributed by atoms with Gasteiger partial charge in [0.1, 0.15) is 5.75 Å². The van der Waals surface area contributed by atoms with E-state index in [4.69, 9.17) is 16.3 Å². The summed E-state index contributed by atoms with van der Waals surface area (Å²) in [6.07, 6.45) is 1.55. The van der Waals surface area contributed by atoms with Gasteiger partial charge < -0.3 is 4.74 Å². The minimum Gasteiger partial charge on any atom is -0.495 e. The minimum atomic E-state index is -3.77. The molecule has 0 saturated heterocycles. The molecular weight excluding hydrogens is 358 g/mol. The number of methoxy groups -OCH3 is 1. The average molecular weight is 380 g/mol. The summed E-state index contributed by atoms with van der Waals surface area (Å²) in [6.45, 7) is 8.01. The number of halogens is 1. The fourth-order valence-corrected chi connectivity index (χ4v) is 4.20. The number of ether oxygens (including phenoxy) is 1. The zero-order valence-electron chi connectivity index (χ0n) is 14.6. The molecule has 6 heteroatoms. The zero-order chi connectivity index (χ0) is 18.6.